The molecule has 1 amide bonds. The number of nitrogens with zero attached hydrogens (tertiary/aromatic N) is 1. The monoisotopic (exact) mass is 339 g/mol. The van der Waals surface area contributed by atoms with Gasteiger partial charge in [0.25, 0.3) is 0 Å². The average Bonchev–Trinajstić information content (AvgIpc) is 3.07. The number of hydrogen-bond acceptors (Lipinski definition) is 1. The van der Waals surface area contributed by atoms with Crippen molar-refractivity contribution in [2.75, 3.05) is 13.1 Å². The highest BCUT2D eigenvalue weighted by molar-refractivity contribution is 5.79. The highest BCUT2D eigenvalue weighted by Crippen LogP contribution is 2.35. The lowest BCUT2D eigenvalue weighted by atomic mass is 9.84. The summed E-state index contributed by atoms with van der Waals surface area (Å²) < 4.78 is 38.1. The Kier molecular flexibility index (Phi) is 4.88. The van der Waals surface area contributed by atoms with Crippen LogP contribution in [0.15, 0.2) is 24.3 Å². The molecule has 2 atom stereocenters. The predicted molar refractivity (Wildman–Crippen MR) is 86.5 cm³/mol. The quantitative estimate of drug-likeness (QED) is 0.754. The van der Waals surface area contributed by atoms with Gasteiger partial charge in [-0.2, -0.15) is 13.2 Å². The van der Waals surface area contributed by atoms with E-state index in [9.17, 15) is 18.0 Å². The Balaban J connectivity index is 1.72. The van der Waals surface area contributed by atoms with E-state index in [2.05, 4.69) is 6.92 Å². The van der Waals surface area contributed by atoms with Crippen molar-refractivity contribution in [2.45, 2.75) is 51.1 Å². The molecule has 0 spiro atoms. The van der Waals surface area contributed by atoms with Gasteiger partial charge in [-0.15, -0.1) is 0 Å². The second-order valence-corrected chi connectivity index (χ2v) is 7.38. The first-order valence-corrected chi connectivity index (χ1v) is 8.80. The van der Waals surface area contributed by atoms with E-state index in [1.807, 2.05) is 4.90 Å². The minimum absolute atomic E-state index is 0.126. The third kappa shape index (κ3) is 3.76. The number of halogens is 3. The molecule has 2 fully saturated rings. The van der Waals surface area contributed by atoms with Crippen LogP contribution in [0.25, 0.3) is 0 Å². The van der Waals surface area contributed by atoms with Crippen LogP contribution in [0.2, 0.25) is 0 Å². The molecule has 132 valence electrons. The lowest BCUT2D eigenvalue weighted by Crippen LogP contribution is -2.44. The van der Waals surface area contributed by atoms with Gasteiger partial charge in [0, 0.05) is 24.9 Å². The molecule has 5 heteroatoms. The summed E-state index contributed by atoms with van der Waals surface area (Å²) in [6, 6.07) is 5.45. The molecule has 1 aromatic rings. The van der Waals surface area contributed by atoms with E-state index in [0.29, 0.717) is 12.5 Å². The molecule has 3 rings (SSSR count). The first-order valence-electron chi connectivity index (χ1n) is 8.80. The normalized spacial score (nSPS) is 25.9. The van der Waals surface area contributed by atoms with Crippen LogP contribution in [-0.2, 0) is 11.0 Å². The summed E-state index contributed by atoms with van der Waals surface area (Å²) in [5, 5.41) is 0. The number of carbonyl (C=O) groups excluding carboxylic acids is 1. The highest BCUT2D eigenvalue weighted by Gasteiger charge is 2.34. The Morgan fingerprint density at radius 3 is 2.29 bits per heavy atom. The van der Waals surface area contributed by atoms with Gasteiger partial charge in [-0.3, -0.25) is 4.79 Å². The summed E-state index contributed by atoms with van der Waals surface area (Å²) in [6.45, 7) is 3.52. The zero-order valence-electron chi connectivity index (χ0n) is 14.0. The van der Waals surface area contributed by atoms with Crippen molar-refractivity contribution in [3.05, 3.63) is 35.4 Å². The Morgan fingerprint density at radius 1 is 1.08 bits per heavy atom. The number of amides is 1. The van der Waals surface area contributed by atoms with Crippen molar-refractivity contribution in [1.29, 1.82) is 0 Å². The fraction of sp³-hybridized carbons (Fsp3) is 0.632. The third-order valence-electron chi connectivity index (χ3n) is 5.39. The number of likely N-dealkylation sites (tertiary alicyclic amines) is 1. The molecule has 1 aliphatic heterocycles. The Hall–Kier alpha value is -1.52. The van der Waals surface area contributed by atoms with Crippen LogP contribution in [0, 0.1) is 11.8 Å². The fourth-order valence-corrected chi connectivity index (χ4v) is 4.15. The van der Waals surface area contributed by atoms with Crippen molar-refractivity contribution >= 4 is 5.91 Å². The van der Waals surface area contributed by atoms with Gasteiger partial charge in [0.1, 0.15) is 0 Å². The molecule has 1 aromatic carbocycles. The Labute approximate surface area is 141 Å². The van der Waals surface area contributed by atoms with Gasteiger partial charge in [-0.05, 0) is 42.9 Å². The molecule has 0 aromatic heterocycles. The number of piperidine rings is 1. The van der Waals surface area contributed by atoms with Crippen molar-refractivity contribution < 1.29 is 18.0 Å². The van der Waals surface area contributed by atoms with Gasteiger partial charge < -0.3 is 4.90 Å². The number of carbonyl (C=O) groups is 1. The first-order chi connectivity index (χ1) is 11.3. The van der Waals surface area contributed by atoms with Crippen molar-refractivity contribution in [3.63, 3.8) is 0 Å². The van der Waals surface area contributed by atoms with Gasteiger partial charge in [-0.25, -0.2) is 0 Å². The van der Waals surface area contributed by atoms with E-state index in [1.165, 1.54) is 0 Å². The molecule has 1 saturated heterocycles. The molecule has 1 aliphatic carbocycles. The topological polar surface area (TPSA) is 20.3 Å². The lowest BCUT2D eigenvalue weighted by Gasteiger charge is -2.38. The maximum absolute atomic E-state index is 12.7. The van der Waals surface area contributed by atoms with Crippen LogP contribution in [0.5, 0.6) is 0 Å². The minimum atomic E-state index is -4.30. The molecule has 2 nitrogen and oxygen atoms in total. The summed E-state index contributed by atoms with van der Waals surface area (Å²) in [6.07, 6.45) is 0.830. The third-order valence-corrected chi connectivity index (χ3v) is 5.39. The van der Waals surface area contributed by atoms with Gasteiger partial charge in [0.2, 0.25) is 5.91 Å². The molecule has 0 bridgehead atoms. The van der Waals surface area contributed by atoms with Gasteiger partial charge in [0.05, 0.1) is 5.56 Å². The van der Waals surface area contributed by atoms with Crippen LogP contribution in [0.4, 0.5) is 13.2 Å². The van der Waals surface area contributed by atoms with Crippen LogP contribution < -0.4 is 0 Å². The molecule has 2 unspecified atom stereocenters. The summed E-state index contributed by atoms with van der Waals surface area (Å²) in [5.41, 5.74) is 0.285. The first kappa shape index (κ1) is 17.3. The summed E-state index contributed by atoms with van der Waals surface area (Å²) in [7, 11) is 0. The van der Waals surface area contributed by atoms with Gasteiger partial charge in [-0.1, -0.05) is 31.9 Å². The lowest BCUT2D eigenvalue weighted by molar-refractivity contribution is -0.138. The van der Waals surface area contributed by atoms with Crippen LogP contribution >= 0.6 is 0 Å². The fourth-order valence-electron chi connectivity index (χ4n) is 4.15. The predicted octanol–water partition coefficient (Wildman–Crippen LogP) is 4.85. The highest BCUT2D eigenvalue weighted by atomic mass is 19.4. The van der Waals surface area contributed by atoms with E-state index in [-0.39, 0.29) is 17.7 Å². The standard InChI is InChI=1S/C19H24F3NO/c1-13-10-16(14-6-8-17(9-7-14)19(20,21)22)12-23(11-13)18(24)15-4-2-3-5-15/h6-9,13,15-16H,2-5,10-12H2,1H3. The molecular formula is C19H24F3NO. The maximum atomic E-state index is 12.7. The van der Waals surface area contributed by atoms with Gasteiger partial charge >= 0.3 is 6.18 Å². The summed E-state index contributed by atoms with van der Waals surface area (Å²) in [4.78, 5) is 14.6. The Morgan fingerprint density at radius 2 is 1.71 bits per heavy atom. The summed E-state index contributed by atoms with van der Waals surface area (Å²) >= 11 is 0. The van der Waals surface area contributed by atoms with Crippen molar-refractivity contribution in [2.24, 2.45) is 11.8 Å². The van der Waals surface area contributed by atoms with Crippen LogP contribution in [0.3, 0.4) is 0 Å². The van der Waals surface area contributed by atoms with E-state index >= 15 is 0 Å². The summed E-state index contributed by atoms with van der Waals surface area (Å²) in [5.74, 6) is 0.900. The molecule has 1 heterocycles. The number of rotatable bonds is 2. The molecule has 0 N–H and O–H groups in total. The second-order valence-electron chi connectivity index (χ2n) is 7.38. The average molecular weight is 339 g/mol. The minimum Gasteiger partial charge on any atom is -0.342 e. The van der Waals surface area contributed by atoms with Crippen molar-refractivity contribution in [1.82, 2.24) is 4.90 Å². The molecule has 1 saturated carbocycles. The molecule has 0 radical (unpaired) electrons. The van der Waals surface area contributed by atoms with Crippen LogP contribution in [0.1, 0.15) is 56.1 Å². The number of alkyl halides is 3. The van der Waals surface area contributed by atoms with Crippen LogP contribution in [-0.4, -0.2) is 23.9 Å². The molecule has 2 aliphatic rings. The number of benzene rings is 1. The molecule has 24 heavy (non-hydrogen) atoms. The van der Waals surface area contributed by atoms with E-state index in [4.69, 9.17) is 0 Å². The molecular weight excluding hydrogens is 315 g/mol. The second kappa shape index (κ2) is 6.77. The SMILES string of the molecule is CC1CC(c2ccc(C(F)(F)F)cc2)CN(C(=O)C2CCCC2)C1. The maximum Gasteiger partial charge on any atom is 0.416 e. The smallest absolute Gasteiger partial charge is 0.342 e. The van der Waals surface area contributed by atoms with E-state index < -0.39 is 11.7 Å². The van der Waals surface area contributed by atoms with Gasteiger partial charge in [0.15, 0.2) is 0 Å². The van der Waals surface area contributed by atoms with E-state index in [0.717, 1.165) is 56.3 Å². The van der Waals surface area contributed by atoms with Crippen molar-refractivity contribution in [3.8, 4) is 0 Å². The largest absolute Gasteiger partial charge is 0.416 e. The Bertz CT molecular complexity index is 575. The zero-order chi connectivity index (χ0) is 17.3. The number of hydrogen-bond donors (Lipinski definition) is 0. The zero-order valence-corrected chi connectivity index (χ0v) is 14.0. The van der Waals surface area contributed by atoms with E-state index in [1.54, 1.807) is 12.1 Å².